The second-order valence-electron chi connectivity index (χ2n) is 14.9. The molecule has 192 valence electrons. The van der Waals surface area contributed by atoms with Crippen LogP contribution in [0.2, 0.25) is 0 Å². The van der Waals surface area contributed by atoms with Gasteiger partial charge in [-0.25, -0.2) is 0 Å². The van der Waals surface area contributed by atoms with E-state index in [4.69, 9.17) is 0 Å². The van der Waals surface area contributed by atoms with Crippen LogP contribution in [-0.4, -0.2) is 11.1 Å². The maximum atomic E-state index is 12.8. The van der Waals surface area contributed by atoms with E-state index in [2.05, 4.69) is 55.0 Å². The molecule has 5 aliphatic carbocycles. The van der Waals surface area contributed by atoms with Gasteiger partial charge in [-0.1, -0.05) is 60.1 Å². The zero-order valence-electron chi connectivity index (χ0n) is 23.3. The van der Waals surface area contributed by atoms with Gasteiger partial charge < -0.3 is 5.11 Å². The molecule has 11 unspecified atom stereocenters. The standard InChI is InChI=1S/C32H52O2/c1-9-28(5)21(4)12-15-29(6)24(28)14-16-31(8)25(29)11-10-23-26-22(20(2)3)13-17-32(26,27(33)34)19-18-30(23,31)7/h21-26H,2,9-19H2,1,3-8H3,(H,33,34). The molecule has 0 spiro atoms. The molecule has 0 heterocycles. The van der Waals surface area contributed by atoms with Crippen molar-refractivity contribution in [3.8, 4) is 0 Å². The summed E-state index contributed by atoms with van der Waals surface area (Å²) in [5, 5.41) is 10.5. The first-order valence-electron chi connectivity index (χ1n) is 14.7. The molecule has 0 aromatic carbocycles. The lowest BCUT2D eigenvalue weighted by Gasteiger charge is -2.73. The molecule has 0 aromatic rings. The van der Waals surface area contributed by atoms with Crippen LogP contribution >= 0.6 is 0 Å². The molecule has 5 rings (SSSR count). The van der Waals surface area contributed by atoms with Crippen LogP contribution in [0.25, 0.3) is 0 Å². The van der Waals surface area contributed by atoms with Gasteiger partial charge in [0.25, 0.3) is 0 Å². The molecule has 0 aliphatic heterocycles. The maximum absolute atomic E-state index is 12.8. The maximum Gasteiger partial charge on any atom is 0.309 e. The van der Waals surface area contributed by atoms with Gasteiger partial charge in [0.15, 0.2) is 0 Å². The van der Waals surface area contributed by atoms with Gasteiger partial charge >= 0.3 is 5.97 Å². The number of hydrogen-bond acceptors (Lipinski definition) is 1. The summed E-state index contributed by atoms with van der Waals surface area (Å²) in [6.07, 6.45) is 13.2. The Balaban J connectivity index is 1.56. The topological polar surface area (TPSA) is 37.3 Å². The van der Waals surface area contributed by atoms with E-state index in [1.54, 1.807) is 0 Å². The minimum absolute atomic E-state index is 0.247. The first-order valence-corrected chi connectivity index (χ1v) is 14.7. The monoisotopic (exact) mass is 468 g/mol. The molecule has 0 radical (unpaired) electrons. The second kappa shape index (κ2) is 7.61. The number of carboxylic acids is 1. The molecule has 0 amide bonds. The Morgan fingerprint density at radius 2 is 1.59 bits per heavy atom. The Bertz CT molecular complexity index is 876. The Morgan fingerprint density at radius 3 is 2.21 bits per heavy atom. The minimum atomic E-state index is -0.508. The summed E-state index contributed by atoms with van der Waals surface area (Å²) in [7, 11) is 0. The number of carbonyl (C=O) groups is 1. The second-order valence-corrected chi connectivity index (χ2v) is 14.9. The van der Waals surface area contributed by atoms with Crippen LogP contribution in [0.1, 0.15) is 119 Å². The molecule has 0 saturated heterocycles. The first-order chi connectivity index (χ1) is 15.8. The summed E-state index contributed by atoms with van der Waals surface area (Å²) < 4.78 is 0. The van der Waals surface area contributed by atoms with Gasteiger partial charge in [0.05, 0.1) is 5.41 Å². The van der Waals surface area contributed by atoms with E-state index in [1.165, 1.54) is 50.5 Å². The van der Waals surface area contributed by atoms with Crippen LogP contribution in [0.5, 0.6) is 0 Å². The molecule has 34 heavy (non-hydrogen) atoms. The molecule has 1 N–H and O–H groups in total. The molecular formula is C32H52O2. The Hall–Kier alpha value is -0.790. The van der Waals surface area contributed by atoms with Crippen molar-refractivity contribution < 1.29 is 9.90 Å². The van der Waals surface area contributed by atoms with Crippen LogP contribution in [-0.2, 0) is 4.79 Å². The highest BCUT2D eigenvalue weighted by Gasteiger charge is 2.72. The minimum Gasteiger partial charge on any atom is -0.481 e. The Kier molecular flexibility index (Phi) is 5.57. The van der Waals surface area contributed by atoms with Crippen LogP contribution < -0.4 is 0 Å². The average Bonchev–Trinajstić information content (AvgIpc) is 3.18. The smallest absolute Gasteiger partial charge is 0.309 e. The van der Waals surface area contributed by atoms with E-state index in [9.17, 15) is 9.90 Å². The van der Waals surface area contributed by atoms with Gasteiger partial charge in [0.1, 0.15) is 0 Å². The fourth-order valence-electron chi connectivity index (χ4n) is 12.1. The van der Waals surface area contributed by atoms with Gasteiger partial charge in [-0.3, -0.25) is 4.79 Å². The normalized spacial score (nSPS) is 56.6. The molecule has 0 bridgehead atoms. The highest BCUT2D eigenvalue weighted by Crippen LogP contribution is 2.78. The van der Waals surface area contributed by atoms with Crippen LogP contribution in [0.3, 0.4) is 0 Å². The third kappa shape index (κ3) is 2.78. The van der Waals surface area contributed by atoms with E-state index in [-0.39, 0.29) is 11.3 Å². The molecular weight excluding hydrogens is 416 g/mol. The lowest BCUT2D eigenvalue weighted by molar-refractivity contribution is -0.244. The van der Waals surface area contributed by atoms with Gasteiger partial charge in [-0.2, -0.15) is 0 Å². The predicted molar refractivity (Wildman–Crippen MR) is 140 cm³/mol. The molecule has 2 nitrogen and oxygen atoms in total. The largest absolute Gasteiger partial charge is 0.481 e. The number of hydrogen-bond donors (Lipinski definition) is 1. The van der Waals surface area contributed by atoms with E-state index in [0.29, 0.717) is 28.1 Å². The number of allylic oxidation sites excluding steroid dienone is 1. The Labute approximate surface area is 209 Å². The molecule has 5 saturated carbocycles. The third-order valence-electron chi connectivity index (χ3n) is 14.6. The van der Waals surface area contributed by atoms with Gasteiger partial charge in [0.2, 0.25) is 0 Å². The average molecular weight is 469 g/mol. The van der Waals surface area contributed by atoms with Crippen molar-refractivity contribution in [3.63, 3.8) is 0 Å². The lowest BCUT2D eigenvalue weighted by atomic mass is 9.31. The molecule has 11 atom stereocenters. The number of aliphatic carboxylic acids is 1. The van der Waals surface area contributed by atoms with Crippen molar-refractivity contribution >= 4 is 5.97 Å². The number of carboxylic acid groups (broad SMARTS) is 1. The number of fused-ring (bicyclic) bond motifs is 7. The summed E-state index contributed by atoms with van der Waals surface area (Å²) in [6, 6.07) is 0. The summed E-state index contributed by atoms with van der Waals surface area (Å²) in [6.45, 7) is 22.1. The predicted octanol–water partition coefficient (Wildman–Crippen LogP) is 8.75. The zero-order chi connectivity index (χ0) is 24.9. The van der Waals surface area contributed by atoms with Crippen molar-refractivity contribution in [2.24, 2.45) is 62.6 Å². The SMILES string of the molecule is C=C(C)C1CCC2(C(=O)O)CCC3(C)C(CCC4C5(C)CCC(C)C(C)(CC)C5CCC43C)C12. The molecule has 5 fully saturated rings. The Morgan fingerprint density at radius 1 is 0.882 bits per heavy atom. The highest BCUT2D eigenvalue weighted by atomic mass is 16.4. The lowest BCUT2D eigenvalue weighted by Crippen LogP contribution is -2.66. The highest BCUT2D eigenvalue weighted by molar-refractivity contribution is 5.76. The zero-order valence-corrected chi connectivity index (χ0v) is 23.3. The summed E-state index contributed by atoms with van der Waals surface area (Å²) in [4.78, 5) is 12.8. The van der Waals surface area contributed by atoms with Crippen molar-refractivity contribution in [3.05, 3.63) is 12.2 Å². The summed E-state index contributed by atoms with van der Waals surface area (Å²) >= 11 is 0. The van der Waals surface area contributed by atoms with Gasteiger partial charge in [-0.15, -0.1) is 0 Å². The quantitative estimate of drug-likeness (QED) is 0.420. The summed E-state index contributed by atoms with van der Waals surface area (Å²) in [5.41, 5.74) is 2.20. The fraction of sp³-hybridized carbons (Fsp3) is 0.906. The summed E-state index contributed by atoms with van der Waals surface area (Å²) in [5.74, 6) is 3.15. The third-order valence-corrected chi connectivity index (χ3v) is 14.6. The van der Waals surface area contributed by atoms with E-state index in [0.717, 1.165) is 43.4 Å². The molecule has 5 aliphatic rings. The molecule has 2 heteroatoms. The van der Waals surface area contributed by atoms with Crippen LogP contribution in [0, 0.1) is 62.6 Å². The van der Waals surface area contributed by atoms with E-state index < -0.39 is 11.4 Å². The first kappa shape index (κ1) is 24.9. The van der Waals surface area contributed by atoms with Crippen molar-refractivity contribution in [2.45, 2.75) is 119 Å². The molecule has 0 aromatic heterocycles. The van der Waals surface area contributed by atoms with Crippen molar-refractivity contribution in [2.75, 3.05) is 0 Å². The van der Waals surface area contributed by atoms with Crippen molar-refractivity contribution in [1.82, 2.24) is 0 Å². The van der Waals surface area contributed by atoms with Gasteiger partial charge in [0, 0.05) is 0 Å². The van der Waals surface area contributed by atoms with Gasteiger partial charge in [-0.05, 0) is 128 Å². The number of rotatable bonds is 3. The van der Waals surface area contributed by atoms with Crippen LogP contribution in [0.15, 0.2) is 12.2 Å². The van der Waals surface area contributed by atoms with Crippen molar-refractivity contribution in [1.29, 1.82) is 0 Å². The fourth-order valence-corrected chi connectivity index (χ4v) is 12.1. The van der Waals surface area contributed by atoms with Crippen LogP contribution in [0.4, 0.5) is 0 Å². The van der Waals surface area contributed by atoms with E-state index >= 15 is 0 Å². The van der Waals surface area contributed by atoms with E-state index in [1.807, 2.05) is 0 Å².